The zero-order valence-corrected chi connectivity index (χ0v) is 19.0. The van der Waals surface area contributed by atoms with Gasteiger partial charge in [-0.15, -0.1) is 0 Å². The van der Waals surface area contributed by atoms with Crippen molar-refractivity contribution in [3.8, 4) is 11.4 Å². The van der Waals surface area contributed by atoms with E-state index >= 15 is 4.11 Å². The van der Waals surface area contributed by atoms with Crippen molar-refractivity contribution in [1.29, 1.82) is 0 Å². The van der Waals surface area contributed by atoms with Crippen LogP contribution in [-0.2, 0) is 15.1 Å². The minimum absolute atomic E-state index is 0.151. The summed E-state index contributed by atoms with van der Waals surface area (Å²) in [5.41, 5.74) is -0.439. The highest BCUT2D eigenvalue weighted by molar-refractivity contribution is 6.72. The molecule has 0 radical (unpaired) electrons. The molecule has 1 amide bonds. The molecule has 3 heterocycles. The lowest BCUT2D eigenvalue weighted by Gasteiger charge is -2.30. The molecule has 0 bridgehead atoms. The number of carbonyl (C=O) groups excluding carboxylic acids is 1. The van der Waals surface area contributed by atoms with Crippen LogP contribution in [0, 0.1) is 5.92 Å². The van der Waals surface area contributed by atoms with Crippen LogP contribution in [0.2, 0.25) is 18.6 Å². The van der Waals surface area contributed by atoms with Gasteiger partial charge in [-0.25, -0.2) is 0 Å². The summed E-state index contributed by atoms with van der Waals surface area (Å²) >= 11 is 0. The van der Waals surface area contributed by atoms with E-state index < -0.39 is 31.6 Å². The van der Waals surface area contributed by atoms with Crippen LogP contribution in [0.15, 0.2) is 41.3 Å². The van der Waals surface area contributed by atoms with Crippen LogP contribution in [0.1, 0.15) is 18.9 Å². The third-order valence-electron chi connectivity index (χ3n) is 6.52. The fraction of sp³-hybridized carbons (Fsp3) is 0.455. The van der Waals surface area contributed by atoms with Gasteiger partial charge in [-0.05, 0) is 49.8 Å². The highest BCUT2D eigenvalue weighted by Crippen LogP contribution is 2.58. The lowest BCUT2D eigenvalue weighted by atomic mass is 9.82. The van der Waals surface area contributed by atoms with Gasteiger partial charge in [0.1, 0.15) is 0 Å². The van der Waals surface area contributed by atoms with E-state index in [2.05, 4.69) is 5.32 Å². The Balaban J connectivity index is 1.86. The molecule has 7 nitrogen and oxygen atoms in total. The molecule has 9 heteroatoms. The van der Waals surface area contributed by atoms with Gasteiger partial charge in [-0.3, -0.25) is 14.2 Å². The second-order valence-corrected chi connectivity index (χ2v) is 12.5. The van der Waals surface area contributed by atoms with Crippen LogP contribution < -0.4 is 15.6 Å². The molecule has 1 aromatic heterocycles. The first-order valence-corrected chi connectivity index (χ1v) is 13.3. The Labute approximate surface area is 181 Å². The van der Waals surface area contributed by atoms with E-state index in [1.807, 2.05) is 6.92 Å². The highest BCUT2D eigenvalue weighted by Gasteiger charge is 2.65. The van der Waals surface area contributed by atoms with E-state index in [0.29, 0.717) is 16.9 Å². The summed E-state index contributed by atoms with van der Waals surface area (Å²) in [6.07, 6.45) is 1.32. The Bertz CT molecular complexity index is 1080. The van der Waals surface area contributed by atoms with E-state index in [-0.39, 0.29) is 30.2 Å². The first-order chi connectivity index (χ1) is 14.6. The fourth-order valence-corrected chi connectivity index (χ4v) is 7.78. The number of nitrogens with zero attached hydrogens (tertiary/aromatic N) is 1. The molecule has 2 aromatic rings. The molecule has 166 valence electrons. The number of benzene rings is 1. The average Bonchev–Trinajstić information content (AvgIpc) is 3.16. The summed E-state index contributed by atoms with van der Waals surface area (Å²) in [5, 5.41) is 12.4. The Morgan fingerprint density at radius 1 is 1.32 bits per heavy atom. The molecule has 2 N–H and O–H groups in total. The number of hydrogen-bond acceptors (Lipinski definition) is 5. The molecule has 31 heavy (non-hydrogen) atoms. The van der Waals surface area contributed by atoms with Gasteiger partial charge in [0.25, 0.3) is 11.5 Å². The quantitative estimate of drug-likeness (QED) is 0.545. The number of anilines is 1. The molecule has 1 saturated heterocycles. The summed E-state index contributed by atoms with van der Waals surface area (Å²) in [6, 6.07) is 8.49. The molecular weight excluding hydrogens is 419 g/mol. The van der Waals surface area contributed by atoms with Gasteiger partial charge in [-0.2, -0.15) is 0 Å². The first kappa shape index (κ1) is 21.7. The monoisotopic (exact) mass is 446 g/mol. The van der Waals surface area contributed by atoms with Crippen molar-refractivity contribution in [2.75, 3.05) is 19.0 Å². The molecule has 1 spiro atoms. The molecule has 4 atom stereocenters. The van der Waals surface area contributed by atoms with Crippen LogP contribution >= 0.6 is 0 Å². The van der Waals surface area contributed by atoms with Gasteiger partial charge in [0.05, 0.1) is 13.2 Å². The number of aromatic nitrogens is 1. The zero-order chi connectivity index (χ0) is 22.6. The predicted molar refractivity (Wildman–Crippen MR) is 117 cm³/mol. The molecular formula is C22H27FN2O5Si. The number of hydrogen-bond donors (Lipinski definition) is 2. The summed E-state index contributed by atoms with van der Waals surface area (Å²) in [7, 11) is -1.79. The number of nitrogens with one attached hydrogen (secondary N) is 1. The smallest absolute Gasteiger partial charge is 0.297 e. The number of ether oxygens (including phenoxy) is 2. The summed E-state index contributed by atoms with van der Waals surface area (Å²) in [6.45, 7) is 4.92. The van der Waals surface area contributed by atoms with E-state index in [1.54, 1.807) is 49.6 Å². The molecule has 0 aliphatic carbocycles. The highest BCUT2D eigenvalue weighted by atomic mass is 28.4. The van der Waals surface area contributed by atoms with Crippen LogP contribution in [0.3, 0.4) is 0 Å². The Morgan fingerprint density at radius 2 is 2.06 bits per heavy atom. The van der Waals surface area contributed by atoms with Crippen LogP contribution in [0.5, 0.6) is 5.75 Å². The van der Waals surface area contributed by atoms with Crippen molar-refractivity contribution in [2.45, 2.75) is 43.7 Å². The van der Waals surface area contributed by atoms with E-state index in [0.717, 1.165) is 0 Å². The largest absolute Gasteiger partial charge is 0.491 e. The maximum absolute atomic E-state index is 15.3. The topological polar surface area (TPSA) is 89.8 Å². The number of fused-ring (bicyclic) bond motifs is 2. The number of rotatable bonds is 5. The number of halogens is 1. The predicted octanol–water partition coefficient (Wildman–Crippen LogP) is 2.96. The van der Waals surface area contributed by atoms with Gasteiger partial charge < -0.3 is 24.0 Å². The third kappa shape index (κ3) is 3.22. The lowest BCUT2D eigenvalue weighted by molar-refractivity contribution is -0.143. The summed E-state index contributed by atoms with van der Waals surface area (Å²) in [5.74, 6) is -0.575. The third-order valence-corrected chi connectivity index (χ3v) is 8.98. The second-order valence-electron chi connectivity index (χ2n) is 8.72. The number of aliphatic hydroxyl groups excluding tert-OH is 1. The van der Waals surface area contributed by atoms with Gasteiger partial charge in [0.15, 0.2) is 11.4 Å². The average molecular weight is 447 g/mol. The van der Waals surface area contributed by atoms with E-state index in [9.17, 15) is 14.7 Å². The molecule has 2 aliphatic rings. The van der Waals surface area contributed by atoms with Crippen LogP contribution in [-0.4, -0.2) is 43.8 Å². The molecule has 1 fully saturated rings. The fourth-order valence-electron chi connectivity index (χ4n) is 5.23. The Hall–Kier alpha value is -2.49. The van der Waals surface area contributed by atoms with E-state index in [1.165, 1.54) is 11.7 Å². The Morgan fingerprint density at radius 3 is 2.71 bits per heavy atom. The summed E-state index contributed by atoms with van der Waals surface area (Å²) in [4.78, 5) is 25.9. The van der Waals surface area contributed by atoms with Crippen molar-refractivity contribution in [3.63, 3.8) is 0 Å². The SMILES string of the molecule is COc1cccn(-c2ccc3c(c2)[C@@]2(O[C@H](CCO)[C@@H]([Si](C)(C)F)[C@@H]2C)C(=O)N3)c1=O. The van der Waals surface area contributed by atoms with Crippen molar-refractivity contribution < 1.29 is 23.5 Å². The standard InChI is InChI=1S/C22H27FN2O5Si/c1-13-19(31(3,4)23)17(9-11-26)30-22(13)15-12-14(7-8-16(15)24-21(22)28)25-10-5-6-18(29-2)20(25)27/h5-8,10,12-13,17,19,26H,9,11H2,1-4H3,(H,24,28)/t13-,17+,19-,22+/m0/s1. The van der Waals surface area contributed by atoms with Gasteiger partial charge in [-0.1, -0.05) is 6.92 Å². The number of amides is 1. The van der Waals surface area contributed by atoms with Crippen LogP contribution in [0.4, 0.5) is 9.80 Å². The second kappa shape index (κ2) is 7.58. The maximum atomic E-state index is 15.3. The van der Waals surface area contributed by atoms with Crippen molar-refractivity contribution >= 4 is 20.0 Å². The lowest BCUT2D eigenvalue weighted by Crippen LogP contribution is -2.42. The van der Waals surface area contributed by atoms with E-state index in [4.69, 9.17) is 9.47 Å². The number of carbonyl (C=O) groups is 1. The number of pyridine rings is 1. The molecule has 0 unspecified atom stereocenters. The molecule has 2 aliphatic heterocycles. The van der Waals surface area contributed by atoms with Crippen molar-refractivity contribution in [3.05, 3.63) is 52.4 Å². The van der Waals surface area contributed by atoms with Gasteiger partial charge >= 0.3 is 0 Å². The van der Waals surface area contributed by atoms with Crippen molar-refractivity contribution in [1.82, 2.24) is 4.57 Å². The zero-order valence-electron chi connectivity index (χ0n) is 18.0. The minimum atomic E-state index is -3.22. The summed E-state index contributed by atoms with van der Waals surface area (Å²) < 4.78 is 28.2. The first-order valence-electron chi connectivity index (χ1n) is 10.3. The molecule has 1 aromatic carbocycles. The number of aliphatic hydroxyl groups is 1. The molecule has 4 rings (SSSR count). The number of methoxy groups -OCH3 is 1. The van der Waals surface area contributed by atoms with Gasteiger partial charge in [0, 0.05) is 41.2 Å². The van der Waals surface area contributed by atoms with Crippen molar-refractivity contribution in [2.24, 2.45) is 5.92 Å². The maximum Gasteiger partial charge on any atom is 0.297 e. The van der Waals surface area contributed by atoms with Crippen LogP contribution in [0.25, 0.3) is 5.69 Å². The Kier molecular flexibility index (Phi) is 5.31. The van der Waals surface area contributed by atoms with Gasteiger partial charge in [0.2, 0.25) is 8.41 Å². The normalized spacial score (nSPS) is 27.4. The minimum Gasteiger partial charge on any atom is -0.491 e. The molecule has 0 saturated carbocycles.